The topological polar surface area (TPSA) is 23.5 Å². The molecule has 0 bridgehead atoms. The van der Waals surface area contributed by atoms with Crippen LogP contribution in [-0.4, -0.2) is 29.6 Å². The van der Waals surface area contributed by atoms with Gasteiger partial charge in [0, 0.05) is 5.54 Å². The number of hydrogen-bond donors (Lipinski definition) is 1. The molecule has 0 aromatic heterocycles. The molecule has 2 nitrogen and oxygen atoms in total. The number of likely N-dealkylation sites (N-methyl/N-ethyl adjacent to an activating group) is 1. The van der Waals surface area contributed by atoms with Gasteiger partial charge in [-0.2, -0.15) is 0 Å². The number of aliphatic hydroxyl groups is 1. The zero-order valence-electron chi connectivity index (χ0n) is 12.0. The van der Waals surface area contributed by atoms with Crippen molar-refractivity contribution >= 4 is 0 Å². The van der Waals surface area contributed by atoms with Gasteiger partial charge in [-0.25, -0.2) is 4.39 Å². The lowest BCUT2D eigenvalue weighted by Crippen LogP contribution is -2.48. The van der Waals surface area contributed by atoms with Crippen LogP contribution in [-0.2, 0) is 0 Å². The molecule has 1 aromatic rings. The monoisotopic (exact) mass is 253 g/mol. The zero-order chi connectivity index (χ0) is 13.9. The van der Waals surface area contributed by atoms with E-state index in [0.717, 1.165) is 18.4 Å². The van der Waals surface area contributed by atoms with Gasteiger partial charge in [-0.05, 0) is 57.1 Å². The molecule has 0 aliphatic carbocycles. The predicted molar refractivity (Wildman–Crippen MR) is 73.1 cm³/mol. The Bertz CT molecular complexity index is 399. The van der Waals surface area contributed by atoms with E-state index in [1.807, 2.05) is 25.9 Å². The molecule has 1 aromatic carbocycles. The van der Waals surface area contributed by atoms with E-state index in [0.29, 0.717) is 5.56 Å². The summed E-state index contributed by atoms with van der Waals surface area (Å²) in [6.07, 6.45) is 0.944. The van der Waals surface area contributed by atoms with E-state index >= 15 is 0 Å². The maximum atomic E-state index is 13.4. The van der Waals surface area contributed by atoms with E-state index in [1.54, 1.807) is 6.07 Å². The van der Waals surface area contributed by atoms with Gasteiger partial charge in [0.25, 0.3) is 0 Å². The van der Waals surface area contributed by atoms with E-state index in [4.69, 9.17) is 0 Å². The van der Waals surface area contributed by atoms with Gasteiger partial charge in [-0.1, -0.05) is 19.9 Å². The van der Waals surface area contributed by atoms with Crippen molar-refractivity contribution in [1.29, 1.82) is 0 Å². The Balaban J connectivity index is 3.25. The summed E-state index contributed by atoms with van der Waals surface area (Å²) >= 11 is 0. The maximum Gasteiger partial charge on any atom is 0.123 e. The van der Waals surface area contributed by atoms with Crippen LogP contribution in [0.3, 0.4) is 0 Å². The lowest BCUT2D eigenvalue weighted by atomic mass is 9.80. The summed E-state index contributed by atoms with van der Waals surface area (Å²) in [7, 11) is 3.93. The molecule has 0 aliphatic rings. The van der Waals surface area contributed by atoms with Crippen LogP contribution in [0.4, 0.5) is 4.39 Å². The Morgan fingerprint density at radius 3 is 2.28 bits per heavy atom. The Kier molecular flexibility index (Phi) is 4.88. The summed E-state index contributed by atoms with van der Waals surface area (Å²) in [4.78, 5) is 2.04. The standard InChI is InChI=1S/C15H24FNO/c1-6-15(7-2,17(4)5)14(18)13-10-12(16)9-8-11(13)3/h8-10,14,18H,6-7H2,1-5H3. The van der Waals surface area contributed by atoms with Crippen molar-refractivity contribution in [2.45, 2.75) is 45.3 Å². The van der Waals surface area contributed by atoms with Crippen molar-refractivity contribution in [3.63, 3.8) is 0 Å². The lowest BCUT2D eigenvalue weighted by molar-refractivity contribution is -0.0154. The van der Waals surface area contributed by atoms with Crippen LogP contribution < -0.4 is 0 Å². The van der Waals surface area contributed by atoms with Gasteiger partial charge in [0.1, 0.15) is 5.82 Å². The van der Waals surface area contributed by atoms with Crippen molar-refractivity contribution in [3.8, 4) is 0 Å². The first-order valence-electron chi connectivity index (χ1n) is 6.50. The molecule has 0 heterocycles. The molecule has 1 atom stereocenters. The molecule has 18 heavy (non-hydrogen) atoms. The minimum absolute atomic E-state index is 0.297. The van der Waals surface area contributed by atoms with Crippen LogP contribution in [0.15, 0.2) is 18.2 Å². The molecule has 0 radical (unpaired) electrons. The van der Waals surface area contributed by atoms with Gasteiger partial charge in [0.05, 0.1) is 6.10 Å². The number of benzene rings is 1. The van der Waals surface area contributed by atoms with E-state index in [-0.39, 0.29) is 11.4 Å². The zero-order valence-corrected chi connectivity index (χ0v) is 12.0. The Morgan fingerprint density at radius 2 is 1.83 bits per heavy atom. The van der Waals surface area contributed by atoms with Crippen LogP contribution in [0.5, 0.6) is 0 Å². The highest BCUT2D eigenvalue weighted by Crippen LogP contribution is 2.37. The molecule has 102 valence electrons. The molecule has 0 saturated carbocycles. The summed E-state index contributed by atoms with van der Waals surface area (Å²) in [5.74, 6) is -0.297. The van der Waals surface area contributed by atoms with Gasteiger partial charge in [-0.15, -0.1) is 0 Å². The summed E-state index contributed by atoms with van der Waals surface area (Å²) in [5.41, 5.74) is 1.27. The van der Waals surface area contributed by atoms with Gasteiger partial charge in [0.2, 0.25) is 0 Å². The number of rotatable bonds is 5. The Morgan fingerprint density at radius 1 is 1.28 bits per heavy atom. The fraction of sp³-hybridized carbons (Fsp3) is 0.600. The highest BCUT2D eigenvalue weighted by Gasteiger charge is 2.38. The third-order valence-corrected chi connectivity index (χ3v) is 4.16. The second-order valence-electron chi connectivity index (χ2n) is 5.11. The minimum Gasteiger partial charge on any atom is -0.386 e. The lowest BCUT2D eigenvalue weighted by Gasteiger charge is -2.43. The molecule has 1 unspecified atom stereocenters. The average Bonchev–Trinajstić information content (AvgIpc) is 2.34. The van der Waals surface area contributed by atoms with Crippen LogP contribution in [0.25, 0.3) is 0 Å². The normalized spacial score (nSPS) is 14.0. The third-order valence-electron chi connectivity index (χ3n) is 4.16. The number of halogens is 1. The average molecular weight is 253 g/mol. The molecule has 0 aliphatic heterocycles. The first kappa shape index (κ1) is 15.1. The number of hydrogen-bond acceptors (Lipinski definition) is 2. The SMILES string of the molecule is CCC(CC)(C(O)c1cc(F)ccc1C)N(C)C. The quantitative estimate of drug-likeness (QED) is 0.870. The molecule has 1 N–H and O–H groups in total. The first-order chi connectivity index (χ1) is 8.39. The molecule has 0 amide bonds. The Hall–Kier alpha value is -0.930. The van der Waals surface area contributed by atoms with Crippen LogP contribution in [0.1, 0.15) is 43.9 Å². The molecule has 3 heteroatoms. The minimum atomic E-state index is -0.682. The largest absolute Gasteiger partial charge is 0.386 e. The highest BCUT2D eigenvalue weighted by molar-refractivity contribution is 5.31. The van der Waals surface area contributed by atoms with Crippen molar-refractivity contribution in [2.75, 3.05) is 14.1 Å². The summed E-state index contributed by atoms with van der Waals surface area (Å²) in [6.45, 7) is 6.02. The van der Waals surface area contributed by atoms with E-state index in [9.17, 15) is 9.50 Å². The molecule has 0 saturated heterocycles. The molecule has 0 fully saturated rings. The van der Waals surface area contributed by atoms with E-state index in [2.05, 4.69) is 13.8 Å². The van der Waals surface area contributed by atoms with Crippen LogP contribution in [0, 0.1) is 12.7 Å². The highest BCUT2D eigenvalue weighted by atomic mass is 19.1. The summed E-state index contributed by atoms with van der Waals surface area (Å²) in [6, 6.07) is 4.60. The summed E-state index contributed by atoms with van der Waals surface area (Å²) in [5, 5.41) is 10.7. The van der Waals surface area contributed by atoms with Crippen LogP contribution >= 0.6 is 0 Å². The van der Waals surface area contributed by atoms with Crippen molar-refractivity contribution in [2.24, 2.45) is 0 Å². The van der Waals surface area contributed by atoms with Crippen LogP contribution in [0.2, 0.25) is 0 Å². The second kappa shape index (κ2) is 5.81. The van der Waals surface area contributed by atoms with Crippen molar-refractivity contribution < 1.29 is 9.50 Å². The van der Waals surface area contributed by atoms with Gasteiger partial charge < -0.3 is 10.0 Å². The van der Waals surface area contributed by atoms with Gasteiger partial charge >= 0.3 is 0 Å². The smallest absolute Gasteiger partial charge is 0.123 e. The third kappa shape index (κ3) is 2.57. The molecule has 1 rings (SSSR count). The van der Waals surface area contributed by atoms with E-state index in [1.165, 1.54) is 12.1 Å². The van der Waals surface area contributed by atoms with Crippen molar-refractivity contribution in [3.05, 3.63) is 35.1 Å². The van der Waals surface area contributed by atoms with Gasteiger partial charge in [0.15, 0.2) is 0 Å². The maximum absolute atomic E-state index is 13.4. The molecular formula is C15H24FNO. The second-order valence-corrected chi connectivity index (χ2v) is 5.11. The number of aliphatic hydroxyl groups excluding tert-OH is 1. The van der Waals surface area contributed by atoms with E-state index < -0.39 is 6.10 Å². The predicted octanol–water partition coefficient (Wildman–Crippen LogP) is 3.29. The Labute approximate surface area is 109 Å². The first-order valence-corrected chi connectivity index (χ1v) is 6.50. The molecule has 0 spiro atoms. The fourth-order valence-electron chi connectivity index (χ4n) is 2.71. The summed E-state index contributed by atoms with van der Waals surface area (Å²) < 4.78 is 13.4. The van der Waals surface area contributed by atoms with Gasteiger partial charge in [-0.3, -0.25) is 0 Å². The molecular weight excluding hydrogens is 229 g/mol. The fourth-order valence-corrected chi connectivity index (χ4v) is 2.71. The van der Waals surface area contributed by atoms with Crippen molar-refractivity contribution in [1.82, 2.24) is 4.90 Å². The number of nitrogens with zero attached hydrogens (tertiary/aromatic N) is 1. The number of aryl methyl sites for hydroxylation is 1.